The van der Waals surface area contributed by atoms with E-state index in [4.69, 9.17) is 10.5 Å². The minimum absolute atomic E-state index is 0.138. The lowest BCUT2D eigenvalue weighted by molar-refractivity contribution is -0.274. The van der Waals surface area contributed by atoms with Crippen LogP contribution in [0.25, 0.3) is 6.08 Å². The standard InChI is InChI=1S/C15H19F3N2O3/c1-14(2,3)23-13(21)20-8-4-5-10-9-11(6-7-12(10)19)22-15(16,17)18/h4-7,9H,8,19H2,1-3H3,(H,20,21). The quantitative estimate of drug-likeness (QED) is 0.825. The van der Waals surface area contributed by atoms with E-state index in [0.717, 1.165) is 12.1 Å². The van der Waals surface area contributed by atoms with Crippen molar-refractivity contribution in [2.45, 2.75) is 32.7 Å². The predicted octanol–water partition coefficient (Wildman–Crippen LogP) is 3.71. The Morgan fingerprint density at radius 1 is 1.30 bits per heavy atom. The number of hydrogen-bond acceptors (Lipinski definition) is 4. The summed E-state index contributed by atoms with van der Waals surface area (Å²) < 4.78 is 45.4. The van der Waals surface area contributed by atoms with Crippen LogP contribution < -0.4 is 15.8 Å². The highest BCUT2D eigenvalue weighted by Crippen LogP contribution is 2.26. The van der Waals surface area contributed by atoms with Crippen molar-refractivity contribution in [3.8, 4) is 5.75 Å². The first kappa shape index (κ1) is 18.7. The molecule has 0 aromatic heterocycles. The molecule has 0 saturated heterocycles. The fourth-order valence-electron chi connectivity index (χ4n) is 1.54. The van der Waals surface area contributed by atoms with E-state index in [2.05, 4.69) is 10.1 Å². The molecule has 0 heterocycles. The van der Waals surface area contributed by atoms with Crippen LogP contribution in [0.2, 0.25) is 0 Å². The van der Waals surface area contributed by atoms with E-state index in [1.807, 2.05) is 0 Å². The van der Waals surface area contributed by atoms with Gasteiger partial charge in [-0.05, 0) is 39.0 Å². The van der Waals surface area contributed by atoms with E-state index in [9.17, 15) is 18.0 Å². The number of ether oxygens (including phenoxy) is 2. The second-order valence-electron chi connectivity index (χ2n) is 5.62. The molecule has 23 heavy (non-hydrogen) atoms. The van der Waals surface area contributed by atoms with E-state index in [-0.39, 0.29) is 18.0 Å². The molecular formula is C15H19F3N2O3. The molecule has 0 unspecified atom stereocenters. The molecule has 0 spiro atoms. The van der Waals surface area contributed by atoms with Crippen LogP contribution in [0, 0.1) is 0 Å². The Morgan fingerprint density at radius 3 is 2.52 bits per heavy atom. The van der Waals surface area contributed by atoms with E-state index in [1.165, 1.54) is 18.2 Å². The summed E-state index contributed by atoms with van der Waals surface area (Å²) in [6.45, 7) is 5.33. The lowest BCUT2D eigenvalue weighted by Gasteiger charge is -2.19. The summed E-state index contributed by atoms with van der Waals surface area (Å²) >= 11 is 0. The van der Waals surface area contributed by atoms with Crippen molar-refractivity contribution in [3.05, 3.63) is 29.8 Å². The highest BCUT2D eigenvalue weighted by molar-refractivity contribution is 5.69. The fourth-order valence-corrected chi connectivity index (χ4v) is 1.54. The molecule has 1 aromatic carbocycles. The van der Waals surface area contributed by atoms with Crippen LogP contribution in [0.5, 0.6) is 5.75 Å². The molecule has 0 aliphatic carbocycles. The minimum Gasteiger partial charge on any atom is -0.444 e. The molecule has 0 aliphatic heterocycles. The van der Waals surface area contributed by atoms with E-state index in [1.54, 1.807) is 20.8 Å². The third kappa shape index (κ3) is 7.98. The molecule has 5 nitrogen and oxygen atoms in total. The highest BCUT2D eigenvalue weighted by atomic mass is 19.4. The maximum Gasteiger partial charge on any atom is 0.573 e. The molecule has 0 saturated carbocycles. The Balaban J connectivity index is 2.62. The summed E-state index contributed by atoms with van der Waals surface area (Å²) in [6, 6.07) is 3.59. The van der Waals surface area contributed by atoms with Gasteiger partial charge in [0, 0.05) is 17.8 Å². The van der Waals surface area contributed by atoms with Gasteiger partial charge in [-0.15, -0.1) is 13.2 Å². The van der Waals surface area contributed by atoms with Gasteiger partial charge < -0.3 is 20.5 Å². The van der Waals surface area contributed by atoms with Gasteiger partial charge in [0.2, 0.25) is 0 Å². The monoisotopic (exact) mass is 332 g/mol. The Labute approximate surface area is 132 Å². The molecule has 1 rings (SSSR count). The Morgan fingerprint density at radius 2 is 1.96 bits per heavy atom. The van der Waals surface area contributed by atoms with Crippen LogP contribution in [0.4, 0.5) is 23.7 Å². The van der Waals surface area contributed by atoms with Gasteiger partial charge in [-0.1, -0.05) is 12.2 Å². The topological polar surface area (TPSA) is 73.6 Å². The number of alkyl carbamates (subject to hydrolysis) is 1. The first-order chi connectivity index (χ1) is 10.5. The normalized spacial score (nSPS) is 12.3. The number of rotatable bonds is 4. The number of alkyl halides is 3. The predicted molar refractivity (Wildman–Crippen MR) is 80.8 cm³/mol. The average molecular weight is 332 g/mol. The second-order valence-corrected chi connectivity index (χ2v) is 5.62. The number of halogens is 3. The molecule has 0 atom stereocenters. The molecule has 1 amide bonds. The molecule has 3 N–H and O–H groups in total. The number of nitrogen functional groups attached to an aromatic ring is 1. The molecule has 0 fully saturated rings. The van der Waals surface area contributed by atoms with E-state index >= 15 is 0 Å². The van der Waals surface area contributed by atoms with Gasteiger partial charge in [0.05, 0.1) is 0 Å². The van der Waals surface area contributed by atoms with Gasteiger partial charge >= 0.3 is 12.5 Å². The minimum atomic E-state index is -4.77. The van der Waals surface area contributed by atoms with Crippen molar-refractivity contribution < 1.29 is 27.4 Å². The zero-order chi connectivity index (χ0) is 17.7. The van der Waals surface area contributed by atoms with Gasteiger partial charge in [-0.25, -0.2) is 4.79 Å². The number of benzene rings is 1. The van der Waals surface area contributed by atoms with Crippen LogP contribution in [0.3, 0.4) is 0 Å². The first-order valence-corrected chi connectivity index (χ1v) is 6.75. The van der Waals surface area contributed by atoms with E-state index < -0.39 is 18.1 Å². The molecule has 1 aromatic rings. The van der Waals surface area contributed by atoms with Crippen molar-refractivity contribution in [1.29, 1.82) is 0 Å². The number of carbonyl (C=O) groups excluding carboxylic acids is 1. The van der Waals surface area contributed by atoms with Crippen molar-refractivity contribution in [1.82, 2.24) is 5.32 Å². The van der Waals surface area contributed by atoms with Crippen molar-refractivity contribution in [3.63, 3.8) is 0 Å². The summed E-state index contributed by atoms with van der Waals surface area (Å²) in [7, 11) is 0. The highest BCUT2D eigenvalue weighted by Gasteiger charge is 2.31. The Hall–Kier alpha value is -2.38. The summed E-state index contributed by atoms with van der Waals surface area (Å²) in [5, 5.41) is 2.48. The SMILES string of the molecule is CC(C)(C)OC(=O)NCC=Cc1cc(OC(F)(F)F)ccc1N. The number of amides is 1. The summed E-state index contributed by atoms with van der Waals surface area (Å²) in [4.78, 5) is 11.4. The van der Waals surface area contributed by atoms with Crippen LogP contribution in [0.1, 0.15) is 26.3 Å². The Bertz CT molecular complexity index is 578. The lowest BCUT2D eigenvalue weighted by Crippen LogP contribution is -2.32. The van der Waals surface area contributed by atoms with Crippen LogP contribution in [0.15, 0.2) is 24.3 Å². The molecule has 0 aliphatic rings. The second kappa shape index (κ2) is 7.26. The maximum atomic E-state index is 12.2. The van der Waals surface area contributed by atoms with Crippen LogP contribution in [-0.4, -0.2) is 24.6 Å². The average Bonchev–Trinajstić information content (AvgIpc) is 2.34. The summed E-state index contributed by atoms with van der Waals surface area (Å²) in [5.41, 5.74) is 5.70. The number of anilines is 1. The Kier molecular flexibility index (Phi) is 5.89. The van der Waals surface area contributed by atoms with Crippen LogP contribution in [-0.2, 0) is 4.74 Å². The van der Waals surface area contributed by atoms with Crippen molar-refractivity contribution in [2.24, 2.45) is 0 Å². The number of nitrogens with two attached hydrogens (primary N) is 1. The van der Waals surface area contributed by atoms with Crippen molar-refractivity contribution >= 4 is 17.9 Å². The summed E-state index contributed by atoms with van der Waals surface area (Å²) in [6.07, 6.45) is -2.34. The molecule has 128 valence electrons. The molecule has 0 bridgehead atoms. The van der Waals surface area contributed by atoms with Gasteiger partial charge in [0.25, 0.3) is 0 Å². The van der Waals surface area contributed by atoms with Gasteiger partial charge in [0.1, 0.15) is 11.4 Å². The van der Waals surface area contributed by atoms with E-state index in [0.29, 0.717) is 5.56 Å². The van der Waals surface area contributed by atoms with Gasteiger partial charge in [-0.2, -0.15) is 0 Å². The molecule has 8 heteroatoms. The maximum absolute atomic E-state index is 12.2. The third-order valence-electron chi connectivity index (χ3n) is 2.35. The first-order valence-electron chi connectivity index (χ1n) is 6.75. The van der Waals surface area contributed by atoms with Gasteiger partial charge in [-0.3, -0.25) is 0 Å². The molecule has 0 radical (unpaired) electrons. The summed E-state index contributed by atoms with van der Waals surface area (Å²) in [5.74, 6) is -0.369. The number of nitrogens with one attached hydrogen (secondary N) is 1. The zero-order valence-electron chi connectivity index (χ0n) is 13.0. The zero-order valence-corrected chi connectivity index (χ0v) is 13.0. The molecular weight excluding hydrogens is 313 g/mol. The largest absolute Gasteiger partial charge is 0.573 e. The van der Waals surface area contributed by atoms with Crippen molar-refractivity contribution in [2.75, 3.05) is 12.3 Å². The third-order valence-corrected chi connectivity index (χ3v) is 2.35. The van der Waals surface area contributed by atoms with Crippen LogP contribution >= 0.6 is 0 Å². The number of carbonyl (C=O) groups is 1. The van der Waals surface area contributed by atoms with Gasteiger partial charge in [0.15, 0.2) is 0 Å². The fraction of sp³-hybridized carbons (Fsp3) is 0.400. The smallest absolute Gasteiger partial charge is 0.444 e. The number of hydrogen-bond donors (Lipinski definition) is 2. The lowest BCUT2D eigenvalue weighted by atomic mass is 10.1.